The van der Waals surface area contributed by atoms with Gasteiger partial charge in [0.05, 0.1) is 16.3 Å². The normalized spacial score (nSPS) is 12.5. The first kappa shape index (κ1) is 19.1. The molecule has 5 nitrogen and oxygen atoms in total. The molecule has 132 valence electrons. The summed E-state index contributed by atoms with van der Waals surface area (Å²) < 4.78 is 38.3. The van der Waals surface area contributed by atoms with Crippen molar-refractivity contribution in [3.63, 3.8) is 0 Å². The first-order valence-electron chi connectivity index (χ1n) is 6.79. The van der Waals surface area contributed by atoms with Gasteiger partial charge in [-0.1, -0.05) is 35.3 Å². The zero-order valence-corrected chi connectivity index (χ0v) is 13.9. The minimum absolute atomic E-state index is 0.0830. The zero-order valence-electron chi connectivity index (χ0n) is 12.3. The fourth-order valence-corrected chi connectivity index (χ4v) is 2.52. The smallest absolute Gasteiger partial charge is 0.333 e. The summed E-state index contributed by atoms with van der Waals surface area (Å²) in [5.41, 5.74) is -0.728. The van der Waals surface area contributed by atoms with E-state index in [-0.39, 0.29) is 10.7 Å². The highest BCUT2D eigenvalue weighted by Gasteiger charge is 2.33. The topological polar surface area (TPSA) is 71.4 Å². The number of alkyl halides is 3. The minimum atomic E-state index is -4.62. The molecule has 1 aromatic heterocycles. The van der Waals surface area contributed by atoms with Gasteiger partial charge >= 0.3 is 6.18 Å². The number of aromatic nitrogens is 1. The molecule has 1 amide bonds. The maximum absolute atomic E-state index is 12.8. The summed E-state index contributed by atoms with van der Waals surface area (Å²) in [6, 6.07) is 6.73. The summed E-state index contributed by atoms with van der Waals surface area (Å²) in [6.45, 7) is -0.499. The van der Waals surface area contributed by atoms with Gasteiger partial charge in [-0.3, -0.25) is 9.78 Å². The molecule has 0 saturated heterocycles. The number of nitrogens with zero attached hydrogens (tertiary/aromatic N) is 2. The number of nitroso groups, excluding NO2 is 1. The molecule has 0 fully saturated rings. The van der Waals surface area contributed by atoms with Crippen LogP contribution in [-0.2, 0) is 11.0 Å². The standard InChI is InChI=1S/C15H10Cl2F3N3O2/c16-10-3-1-8(2-4-10)12(14(24)22-7-23-25)13-11(17)5-9(6-21-13)15(18,19)20/h1-6,12H,7H2,(H,22,24). The lowest BCUT2D eigenvalue weighted by atomic mass is 9.94. The average molecular weight is 392 g/mol. The van der Waals surface area contributed by atoms with Crippen molar-refractivity contribution in [3.8, 4) is 0 Å². The highest BCUT2D eigenvalue weighted by atomic mass is 35.5. The number of hydrogen-bond acceptors (Lipinski definition) is 4. The molecule has 0 radical (unpaired) electrons. The van der Waals surface area contributed by atoms with E-state index < -0.39 is 30.2 Å². The number of halogens is 5. The van der Waals surface area contributed by atoms with Crippen LogP contribution in [0.4, 0.5) is 13.2 Å². The molecule has 0 aliphatic heterocycles. The Bertz CT molecular complexity index is 783. The van der Waals surface area contributed by atoms with Gasteiger partial charge in [0.2, 0.25) is 5.91 Å². The van der Waals surface area contributed by atoms with Gasteiger partial charge in [-0.05, 0) is 28.9 Å². The Morgan fingerprint density at radius 3 is 2.40 bits per heavy atom. The summed E-state index contributed by atoms with van der Waals surface area (Å²) in [5.74, 6) is -1.81. The Morgan fingerprint density at radius 1 is 1.24 bits per heavy atom. The van der Waals surface area contributed by atoms with Gasteiger partial charge in [0, 0.05) is 11.2 Å². The number of hydrogen-bond donors (Lipinski definition) is 1. The molecule has 1 atom stereocenters. The van der Waals surface area contributed by atoms with Crippen LogP contribution in [0.5, 0.6) is 0 Å². The van der Waals surface area contributed by atoms with Crippen LogP contribution in [0.25, 0.3) is 0 Å². The Morgan fingerprint density at radius 2 is 1.88 bits per heavy atom. The van der Waals surface area contributed by atoms with Gasteiger partial charge in [-0.2, -0.15) is 13.2 Å². The van der Waals surface area contributed by atoms with Crippen molar-refractivity contribution >= 4 is 29.1 Å². The second-order valence-electron chi connectivity index (χ2n) is 4.90. The molecular weight excluding hydrogens is 382 g/mol. The minimum Gasteiger partial charge on any atom is -0.333 e. The lowest BCUT2D eigenvalue weighted by molar-refractivity contribution is -0.137. The van der Waals surface area contributed by atoms with Crippen LogP contribution in [0.2, 0.25) is 10.0 Å². The van der Waals surface area contributed by atoms with E-state index >= 15 is 0 Å². The zero-order chi connectivity index (χ0) is 18.6. The summed E-state index contributed by atoms with van der Waals surface area (Å²) in [4.78, 5) is 26.3. The molecule has 0 aliphatic carbocycles. The summed E-state index contributed by atoms with van der Waals surface area (Å²) in [5, 5.41) is 4.84. The predicted molar refractivity (Wildman–Crippen MR) is 86.3 cm³/mol. The van der Waals surface area contributed by atoms with Gasteiger partial charge < -0.3 is 5.32 Å². The van der Waals surface area contributed by atoms with Gasteiger partial charge in [0.15, 0.2) is 6.67 Å². The number of nitrogens with one attached hydrogen (secondary N) is 1. The number of carbonyl (C=O) groups excluding carboxylic acids is 1. The van der Waals surface area contributed by atoms with Gasteiger partial charge in [-0.25, -0.2) is 0 Å². The first-order chi connectivity index (χ1) is 11.7. The molecule has 0 spiro atoms. The average Bonchev–Trinajstić information content (AvgIpc) is 2.55. The van der Waals surface area contributed by atoms with E-state index in [9.17, 15) is 22.9 Å². The molecule has 10 heteroatoms. The van der Waals surface area contributed by atoms with Crippen LogP contribution in [0.15, 0.2) is 41.7 Å². The Labute approximate surface area is 150 Å². The molecule has 1 unspecified atom stereocenters. The number of benzene rings is 1. The summed E-state index contributed by atoms with van der Waals surface area (Å²) >= 11 is 11.7. The van der Waals surface area contributed by atoms with Crippen molar-refractivity contribution in [1.82, 2.24) is 10.3 Å². The Balaban J connectivity index is 2.50. The van der Waals surface area contributed by atoms with E-state index in [1.165, 1.54) is 24.3 Å². The maximum atomic E-state index is 12.8. The molecule has 25 heavy (non-hydrogen) atoms. The maximum Gasteiger partial charge on any atom is 0.417 e. The van der Waals surface area contributed by atoms with E-state index in [1.54, 1.807) is 0 Å². The summed E-state index contributed by atoms with van der Waals surface area (Å²) in [6.07, 6.45) is -4.02. The van der Waals surface area contributed by atoms with E-state index in [4.69, 9.17) is 23.2 Å². The highest BCUT2D eigenvalue weighted by molar-refractivity contribution is 6.31. The molecule has 1 aromatic carbocycles. The van der Waals surface area contributed by atoms with E-state index in [0.29, 0.717) is 22.8 Å². The van der Waals surface area contributed by atoms with Crippen LogP contribution in [0.1, 0.15) is 22.7 Å². The van der Waals surface area contributed by atoms with Crippen molar-refractivity contribution in [2.24, 2.45) is 5.18 Å². The lowest BCUT2D eigenvalue weighted by Gasteiger charge is -2.18. The number of rotatable bonds is 5. The van der Waals surface area contributed by atoms with Crippen molar-refractivity contribution in [1.29, 1.82) is 0 Å². The first-order valence-corrected chi connectivity index (χ1v) is 7.54. The van der Waals surface area contributed by atoms with Crippen molar-refractivity contribution in [3.05, 3.63) is 68.3 Å². The molecular formula is C15H10Cl2F3N3O2. The SMILES string of the molecule is O=NCNC(=O)C(c1ccc(Cl)cc1)c1ncc(C(F)(F)F)cc1Cl. The second kappa shape index (κ2) is 7.79. The molecule has 1 N–H and O–H groups in total. The molecule has 2 aromatic rings. The number of pyridine rings is 1. The summed E-state index contributed by atoms with van der Waals surface area (Å²) in [7, 11) is 0. The van der Waals surface area contributed by atoms with E-state index in [0.717, 1.165) is 0 Å². The molecule has 1 heterocycles. The number of amides is 1. The van der Waals surface area contributed by atoms with Gasteiger partial charge in [0.25, 0.3) is 0 Å². The largest absolute Gasteiger partial charge is 0.417 e. The van der Waals surface area contributed by atoms with Gasteiger partial charge in [0.1, 0.15) is 5.92 Å². The van der Waals surface area contributed by atoms with Gasteiger partial charge in [-0.15, -0.1) is 4.91 Å². The van der Waals surface area contributed by atoms with Crippen LogP contribution < -0.4 is 5.32 Å². The third-order valence-corrected chi connectivity index (χ3v) is 3.81. The van der Waals surface area contributed by atoms with E-state index in [2.05, 4.69) is 15.5 Å². The lowest BCUT2D eigenvalue weighted by Crippen LogP contribution is -2.30. The molecule has 0 bridgehead atoms. The van der Waals surface area contributed by atoms with Crippen LogP contribution in [-0.4, -0.2) is 17.6 Å². The fraction of sp³-hybridized carbons (Fsp3) is 0.200. The van der Waals surface area contributed by atoms with Crippen molar-refractivity contribution in [2.45, 2.75) is 12.1 Å². The highest BCUT2D eigenvalue weighted by Crippen LogP contribution is 2.35. The van der Waals surface area contributed by atoms with Crippen molar-refractivity contribution < 1.29 is 18.0 Å². The van der Waals surface area contributed by atoms with Crippen LogP contribution in [0.3, 0.4) is 0 Å². The third kappa shape index (κ3) is 4.67. The van der Waals surface area contributed by atoms with Crippen molar-refractivity contribution in [2.75, 3.05) is 6.67 Å². The van der Waals surface area contributed by atoms with Crippen LogP contribution in [0, 0.1) is 4.91 Å². The monoisotopic (exact) mass is 391 g/mol. The fourth-order valence-electron chi connectivity index (χ4n) is 2.12. The van der Waals surface area contributed by atoms with Crippen LogP contribution >= 0.6 is 23.2 Å². The molecule has 2 rings (SSSR count). The predicted octanol–water partition coefficient (Wildman–Crippen LogP) is 4.38. The number of carbonyl (C=O) groups is 1. The Kier molecular flexibility index (Phi) is 5.97. The molecule has 0 aliphatic rings. The quantitative estimate of drug-likeness (QED) is 0.768. The third-order valence-electron chi connectivity index (χ3n) is 3.25. The second-order valence-corrected chi connectivity index (χ2v) is 5.75. The molecule has 0 saturated carbocycles. The Hall–Kier alpha value is -2.19. The van der Waals surface area contributed by atoms with E-state index in [1.807, 2.05) is 0 Å².